The molecule has 0 aromatic heterocycles. The van der Waals surface area contributed by atoms with Gasteiger partial charge in [0.25, 0.3) is 0 Å². The van der Waals surface area contributed by atoms with Gasteiger partial charge in [-0.1, -0.05) is 30.3 Å². The van der Waals surface area contributed by atoms with Crippen LogP contribution in [0.5, 0.6) is 0 Å². The summed E-state index contributed by atoms with van der Waals surface area (Å²) in [6.45, 7) is 4.25. The molecule has 27 heavy (non-hydrogen) atoms. The SMILES string of the molecule is CC(C)OC(=O)CC1C(=O)NCCN1C(=S)NC(=O)/C=C/c1ccccc1. The molecule has 2 N–H and O–H groups in total. The summed E-state index contributed by atoms with van der Waals surface area (Å²) in [7, 11) is 0. The van der Waals surface area contributed by atoms with Gasteiger partial charge in [0.2, 0.25) is 11.8 Å². The van der Waals surface area contributed by atoms with Crippen molar-refractivity contribution in [3.8, 4) is 0 Å². The first kappa shape index (κ1) is 20.6. The van der Waals surface area contributed by atoms with Crippen molar-refractivity contribution in [3.63, 3.8) is 0 Å². The number of hydrogen-bond donors (Lipinski definition) is 2. The summed E-state index contributed by atoms with van der Waals surface area (Å²) < 4.78 is 5.11. The van der Waals surface area contributed by atoms with E-state index in [4.69, 9.17) is 17.0 Å². The highest BCUT2D eigenvalue weighted by Crippen LogP contribution is 2.11. The number of nitrogens with one attached hydrogen (secondary N) is 2. The van der Waals surface area contributed by atoms with Gasteiger partial charge in [-0.3, -0.25) is 19.7 Å². The van der Waals surface area contributed by atoms with E-state index in [1.54, 1.807) is 24.8 Å². The molecule has 0 radical (unpaired) electrons. The van der Waals surface area contributed by atoms with Crippen molar-refractivity contribution in [1.29, 1.82) is 0 Å². The van der Waals surface area contributed by atoms with Crippen LogP contribution in [0, 0.1) is 0 Å². The molecule has 2 rings (SSSR count). The maximum atomic E-state index is 12.2. The molecule has 8 heteroatoms. The van der Waals surface area contributed by atoms with Gasteiger partial charge in [0.05, 0.1) is 12.5 Å². The van der Waals surface area contributed by atoms with Crippen molar-refractivity contribution in [2.75, 3.05) is 13.1 Å². The molecule has 0 bridgehead atoms. The van der Waals surface area contributed by atoms with Crippen molar-refractivity contribution in [3.05, 3.63) is 42.0 Å². The Morgan fingerprint density at radius 2 is 2.07 bits per heavy atom. The highest BCUT2D eigenvalue weighted by molar-refractivity contribution is 7.80. The number of nitrogens with zero attached hydrogens (tertiary/aromatic N) is 1. The number of benzene rings is 1. The fourth-order valence-corrected chi connectivity index (χ4v) is 2.90. The van der Waals surface area contributed by atoms with Gasteiger partial charge in [-0.25, -0.2) is 0 Å². The lowest BCUT2D eigenvalue weighted by molar-refractivity contribution is -0.150. The number of ether oxygens (including phenoxy) is 1. The van der Waals surface area contributed by atoms with Crippen LogP contribution in [0.2, 0.25) is 0 Å². The summed E-state index contributed by atoms with van der Waals surface area (Å²) in [6.07, 6.45) is 2.62. The van der Waals surface area contributed by atoms with Crippen molar-refractivity contribution in [2.45, 2.75) is 32.4 Å². The zero-order valence-electron chi connectivity index (χ0n) is 15.3. The van der Waals surface area contributed by atoms with Crippen molar-refractivity contribution in [2.24, 2.45) is 0 Å². The van der Waals surface area contributed by atoms with Gasteiger partial charge in [-0.05, 0) is 37.7 Å². The second-order valence-corrected chi connectivity index (χ2v) is 6.67. The second kappa shape index (κ2) is 9.82. The molecule has 1 heterocycles. The van der Waals surface area contributed by atoms with E-state index in [1.165, 1.54) is 6.08 Å². The van der Waals surface area contributed by atoms with Crippen LogP contribution in [-0.2, 0) is 19.1 Å². The average molecular weight is 389 g/mol. The maximum Gasteiger partial charge on any atom is 0.308 e. The Morgan fingerprint density at radius 1 is 1.37 bits per heavy atom. The van der Waals surface area contributed by atoms with Crippen LogP contribution in [0.15, 0.2) is 36.4 Å². The Morgan fingerprint density at radius 3 is 2.74 bits per heavy atom. The molecule has 1 aromatic carbocycles. The first-order valence-electron chi connectivity index (χ1n) is 8.68. The third-order valence-corrected chi connectivity index (χ3v) is 4.11. The normalized spacial score (nSPS) is 16.9. The Labute approximate surface area is 163 Å². The standard InChI is InChI=1S/C19H23N3O4S/c1-13(2)26-17(24)12-15-18(25)20-10-11-22(15)19(27)21-16(23)9-8-14-6-4-3-5-7-14/h3-9,13,15H,10-12H2,1-2H3,(H,20,25)(H,21,23,27)/b9-8+. The van der Waals surface area contributed by atoms with E-state index in [1.807, 2.05) is 30.3 Å². The van der Waals surface area contributed by atoms with E-state index in [0.29, 0.717) is 13.1 Å². The molecular weight excluding hydrogens is 366 g/mol. The number of piperazine rings is 1. The number of thiocarbonyl (C=S) groups is 1. The van der Waals surface area contributed by atoms with Gasteiger partial charge >= 0.3 is 5.97 Å². The highest BCUT2D eigenvalue weighted by Gasteiger charge is 2.34. The molecule has 144 valence electrons. The number of esters is 1. The van der Waals surface area contributed by atoms with Crippen LogP contribution < -0.4 is 10.6 Å². The summed E-state index contributed by atoms with van der Waals surface area (Å²) >= 11 is 5.28. The Balaban J connectivity index is 1.99. The van der Waals surface area contributed by atoms with Crippen LogP contribution in [0.1, 0.15) is 25.8 Å². The molecule has 1 fully saturated rings. The molecule has 1 saturated heterocycles. The Bertz CT molecular complexity index is 734. The van der Waals surface area contributed by atoms with Gasteiger partial charge in [-0.2, -0.15) is 0 Å². The predicted molar refractivity (Wildman–Crippen MR) is 106 cm³/mol. The van der Waals surface area contributed by atoms with Crippen LogP contribution in [0.25, 0.3) is 6.08 Å². The minimum Gasteiger partial charge on any atom is -0.463 e. The molecule has 7 nitrogen and oxygen atoms in total. The molecular formula is C19H23N3O4S. The maximum absolute atomic E-state index is 12.2. The van der Waals surface area contributed by atoms with E-state index in [9.17, 15) is 14.4 Å². The summed E-state index contributed by atoms with van der Waals surface area (Å²) in [4.78, 5) is 37.8. The van der Waals surface area contributed by atoms with Gasteiger partial charge in [0.1, 0.15) is 6.04 Å². The lowest BCUT2D eigenvalue weighted by atomic mass is 10.1. The third-order valence-electron chi connectivity index (χ3n) is 3.78. The second-order valence-electron chi connectivity index (χ2n) is 6.28. The lowest BCUT2D eigenvalue weighted by Gasteiger charge is -2.36. The summed E-state index contributed by atoms with van der Waals surface area (Å²) in [6, 6.07) is 8.56. The average Bonchev–Trinajstić information content (AvgIpc) is 2.62. The van der Waals surface area contributed by atoms with Crippen molar-refractivity contribution >= 4 is 41.2 Å². The van der Waals surface area contributed by atoms with Crippen LogP contribution in [0.4, 0.5) is 0 Å². The van der Waals surface area contributed by atoms with Gasteiger partial charge < -0.3 is 15.0 Å². The lowest BCUT2D eigenvalue weighted by Crippen LogP contribution is -2.60. The van der Waals surface area contributed by atoms with Crippen LogP contribution in [-0.4, -0.2) is 53.0 Å². The first-order valence-corrected chi connectivity index (χ1v) is 9.09. The number of carbonyl (C=O) groups excluding carboxylic acids is 3. The molecule has 1 aliphatic heterocycles. The summed E-state index contributed by atoms with van der Waals surface area (Å²) in [5.74, 6) is -1.22. The van der Waals surface area contributed by atoms with Gasteiger partial charge in [0.15, 0.2) is 5.11 Å². The van der Waals surface area contributed by atoms with E-state index in [-0.39, 0.29) is 23.5 Å². The Kier molecular flexibility index (Phi) is 7.48. The predicted octanol–water partition coefficient (Wildman–Crippen LogP) is 1.24. The molecule has 1 aromatic rings. The van der Waals surface area contributed by atoms with Gasteiger partial charge in [0, 0.05) is 19.2 Å². The fraction of sp³-hybridized carbons (Fsp3) is 0.368. The fourth-order valence-electron chi connectivity index (χ4n) is 2.58. The smallest absolute Gasteiger partial charge is 0.308 e. The monoisotopic (exact) mass is 389 g/mol. The molecule has 0 saturated carbocycles. The molecule has 1 unspecified atom stereocenters. The minimum atomic E-state index is -0.809. The van der Waals surface area contributed by atoms with E-state index in [2.05, 4.69) is 10.6 Å². The van der Waals surface area contributed by atoms with Crippen LogP contribution >= 0.6 is 12.2 Å². The number of amides is 2. The largest absolute Gasteiger partial charge is 0.463 e. The topological polar surface area (TPSA) is 87.7 Å². The number of carbonyl (C=O) groups is 3. The molecule has 1 aliphatic rings. The van der Waals surface area contributed by atoms with E-state index in [0.717, 1.165) is 5.56 Å². The van der Waals surface area contributed by atoms with Crippen molar-refractivity contribution in [1.82, 2.24) is 15.5 Å². The Hall–Kier alpha value is -2.74. The summed E-state index contributed by atoms with van der Waals surface area (Å²) in [5.41, 5.74) is 0.880. The number of rotatable bonds is 5. The molecule has 1 atom stereocenters. The van der Waals surface area contributed by atoms with Crippen molar-refractivity contribution < 1.29 is 19.1 Å². The van der Waals surface area contributed by atoms with E-state index >= 15 is 0 Å². The zero-order valence-corrected chi connectivity index (χ0v) is 16.1. The molecule has 0 spiro atoms. The molecule has 0 aliphatic carbocycles. The highest BCUT2D eigenvalue weighted by atomic mass is 32.1. The third kappa shape index (κ3) is 6.49. The van der Waals surface area contributed by atoms with Gasteiger partial charge in [-0.15, -0.1) is 0 Å². The minimum absolute atomic E-state index is 0.106. The quantitative estimate of drug-likeness (QED) is 0.448. The summed E-state index contributed by atoms with van der Waals surface area (Å²) in [5, 5.41) is 5.39. The zero-order chi connectivity index (χ0) is 19.8. The first-order chi connectivity index (χ1) is 12.9. The molecule has 2 amide bonds. The van der Waals surface area contributed by atoms with E-state index < -0.39 is 17.9 Å². The number of hydrogen-bond acceptors (Lipinski definition) is 5. The van der Waals surface area contributed by atoms with Crippen LogP contribution in [0.3, 0.4) is 0 Å².